The molecule has 0 saturated heterocycles. The van der Waals surface area contributed by atoms with Crippen LogP contribution in [-0.2, 0) is 9.59 Å². The lowest BCUT2D eigenvalue weighted by Crippen LogP contribution is -2.36. The Morgan fingerprint density at radius 2 is 1.75 bits per heavy atom. The summed E-state index contributed by atoms with van der Waals surface area (Å²) in [7, 11) is 1.53. The van der Waals surface area contributed by atoms with Crippen LogP contribution in [-0.4, -0.2) is 32.0 Å². The maximum atomic E-state index is 12.0. The number of nitrogens with one attached hydrogen (secondary N) is 3. The highest BCUT2D eigenvalue weighted by atomic mass is 35.5. The fourth-order valence-corrected chi connectivity index (χ4v) is 2.05. The molecule has 0 aliphatic rings. The Labute approximate surface area is 145 Å². The van der Waals surface area contributed by atoms with E-state index in [0.29, 0.717) is 22.2 Å². The molecular formula is C17H18ClN3O3. The van der Waals surface area contributed by atoms with Gasteiger partial charge in [-0.2, -0.15) is 0 Å². The molecule has 6 nitrogen and oxygen atoms in total. The number of hydrogen-bond donors (Lipinski definition) is 3. The number of hydrogen-bond acceptors (Lipinski definition) is 4. The molecule has 0 atom stereocenters. The fraction of sp³-hybridized carbons (Fsp3) is 0.176. The van der Waals surface area contributed by atoms with Gasteiger partial charge in [0.1, 0.15) is 5.75 Å². The van der Waals surface area contributed by atoms with E-state index < -0.39 is 0 Å². The maximum absolute atomic E-state index is 12.0. The summed E-state index contributed by atoms with van der Waals surface area (Å²) in [6.07, 6.45) is 0. The second-order valence-corrected chi connectivity index (χ2v) is 5.32. The Kier molecular flexibility index (Phi) is 6.60. The molecule has 24 heavy (non-hydrogen) atoms. The Morgan fingerprint density at radius 3 is 2.46 bits per heavy atom. The molecule has 0 spiro atoms. The monoisotopic (exact) mass is 347 g/mol. The van der Waals surface area contributed by atoms with Crippen LogP contribution >= 0.6 is 11.6 Å². The van der Waals surface area contributed by atoms with Crippen LogP contribution in [0, 0.1) is 0 Å². The van der Waals surface area contributed by atoms with E-state index in [-0.39, 0.29) is 24.9 Å². The number of amides is 2. The van der Waals surface area contributed by atoms with Crippen LogP contribution in [0.5, 0.6) is 11.5 Å². The minimum absolute atomic E-state index is 0.00922. The quantitative estimate of drug-likeness (QED) is 0.718. The minimum atomic E-state index is -0.306. The average Bonchev–Trinajstić information content (AvgIpc) is 2.58. The molecule has 2 aromatic rings. The predicted octanol–water partition coefficient (Wildman–Crippen LogP) is 2.41. The largest absolute Gasteiger partial charge is 0.455 e. The first-order valence-corrected chi connectivity index (χ1v) is 7.70. The lowest BCUT2D eigenvalue weighted by molar-refractivity contribution is -0.120. The summed E-state index contributed by atoms with van der Waals surface area (Å²) in [4.78, 5) is 23.1. The molecule has 2 amide bonds. The molecule has 2 rings (SSSR count). The molecule has 3 N–H and O–H groups in total. The first kappa shape index (κ1) is 17.8. The van der Waals surface area contributed by atoms with Crippen molar-refractivity contribution >= 4 is 29.1 Å². The van der Waals surface area contributed by atoms with Gasteiger partial charge in [0.05, 0.1) is 18.8 Å². The van der Waals surface area contributed by atoms with Crippen LogP contribution in [0.1, 0.15) is 0 Å². The van der Waals surface area contributed by atoms with Gasteiger partial charge in [0.15, 0.2) is 5.75 Å². The third-order valence-corrected chi connectivity index (χ3v) is 3.27. The summed E-state index contributed by atoms with van der Waals surface area (Å²) in [5.41, 5.74) is 0.457. The van der Waals surface area contributed by atoms with Crippen molar-refractivity contribution in [3.8, 4) is 11.5 Å². The van der Waals surface area contributed by atoms with E-state index in [9.17, 15) is 9.59 Å². The van der Waals surface area contributed by atoms with Gasteiger partial charge >= 0.3 is 0 Å². The number of anilines is 1. The number of likely N-dealkylation sites (N-methyl/N-ethyl adjacent to an activating group) is 1. The van der Waals surface area contributed by atoms with Crippen LogP contribution in [0.25, 0.3) is 0 Å². The highest BCUT2D eigenvalue weighted by Crippen LogP contribution is 2.31. The van der Waals surface area contributed by atoms with Gasteiger partial charge < -0.3 is 15.4 Å². The van der Waals surface area contributed by atoms with Gasteiger partial charge in [-0.15, -0.1) is 0 Å². The van der Waals surface area contributed by atoms with E-state index >= 15 is 0 Å². The second-order valence-electron chi connectivity index (χ2n) is 4.88. The van der Waals surface area contributed by atoms with E-state index in [1.54, 1.807) is 18.2 Å². The topological polar surface area (TPSA) is 79.5 Å². The zero-order valence-corrected chi connectivity index (χ0v) is 13.9. The number of rotatable bonds is 7. The van der Waals surface area contributed by atoms with Crippen LogP contribution in [0.2, 0.25) is 5.02 Å². The number of para-hydroxylation sites is 1. The van der Waals surface area contributed by atoms with Gasteiger partial charge in [-0.1, -0.05) is 29.8 Å². The van der Waals surface area contributed by atoms with Gasteiger partial charge in [0.25, 0.3) is 0 Å². The van der Waals surface area contributed by atoms with Gasteiger partial charge in [-0.05, 0) is 30.3 Å². The first-order chi connectivity index (χ1) is 11.6. The Balaban J connectivity index is 2.02. The van der Waals surface area contributed by atoms with Crippen LogP contribution in [0.4, 0.5) is 5.69 Å². The molecule has 0 saturated carbocycles. The summed E-state index contributed by atoms with van der Waals surface area (Å²) in [5.74, 6) is 0.621. The highest BCUT2D eigenvalue weighted by molar-refractivity contribution is 6.31. The molecule has 7 heteroatoms. The molecule has 0 fully saturated rings. The number of carbonyl (C=O) groups is 2. The van der Waals surface area contributed by atoms with Crippen LogP contribution in [0.3, 0.4) is 0 Å². The van der Waals surface area contributed by atoms with Crippen molar-refractivity contribution in [2.45, 2.75) is 0 Å². The van der Waals surface area contributed by atoms with E-state index in [1.165, 1.54) is 7.05 Å². The molecule has 0 aliphatic carbocycles. The molecule has 0 heterocycles. The van der Waals surface area contributed by atoms with E-state index in [1.807, 2.05) is 30.3 Å². The normalized spacial score (nSPS) is 10.1. The average molecular weight is 348 g/mol. The van der Waals surface area contributed by atoms with Crippen LogP contribution < -0.4 is 20.7 Å². The summed E-state index contributed by atoms with van der Waals surface area (Å²) in [6.45, 7) is 0.0531. The SMILES string of the molecule is CNC(=O)CNCC(=O)Nc1cc(Cl)ccc1Oc1ccccc1. The van der Waals surface area contributed by atoms with Gasteiger partial charge in [0.2, 0.25) is 11.8 Å². The zero-order chi connectivity index (χ0) is 17.4. The predicted molar refractivity (Wildman–Crippen MR) is 93.5 cm³/mol. The van der Waals surface area contributed by atoms with Crippen molar-refractivity contribution < 1.29 is 14.3 Å². The molecule has 0 unspecified atom stereocenters. The smallest absolute Gasteiger partial charge is 0.238 e. The summed E-state index contributed by atoms with van der Waals surface area (Å²) in [6, 6.07) is 14.2. The van der Waals surface area contributed by atoms with Gasteiger partial charge in [-0.3, -0.25) is 14.9 Å². The fourth-order valence-electron chi connectivity index (χ4n) is 1.88. The van der Waals surface area contributed by atoms with Crippen molar-refractivity contribution in [1.82, 2.24) is 10.6 Å². The highest BCUT2D eigenvalue weighted by Gasteiger charge is 2.10. The second kappa shape index (κ2) is 8.90. The minimum Gasteiger partial charge on any atom is -0.455 e. The van der Waals surface area contributed by atoms with Crippen molar-refractivity contribution in [2.24, 2.45) is 0 Å². The summed E-state index contributed by atoms with van der Waals surface area (Å²) in [5, 5.41) is 8.40. The lowest BCUT2D eigenvalue weighted by atomic mass is 10.2. The van der Waals surface area contributed by atoms with Crippen molar-refractivity contribution in [3.05, 3.63) is 53.6 Å². The number of halogens is 1. The first-order valence-electron chi connectivity index (χ1n) is 7.32. The molecule has 2 aromatic carbocycles. The molecule has 126 valence electrons. The molecular weight excluding hydrogens is 330 g/mol. The van der Waals surface area contributed by atoms with Gasteiger partial charge in [0, 0.05) is 12.1 Å². The molecule has 0 bridgehead atoms. The van der Waals surface area contributed by atoms with Crippen molar-refractivity contribution in [1.29, 1.82) is 0 Å². The number of benzene rings is 2. The molecule has 0 aromatic heterocycles. The van der Waals surface area contributed by atoms with Crippen molar-refractivity contribution in [3.63, 3.8) is 0 Å². The third-order valence-electron chi connectivity index (χ3n) is 3.04. The Bertz CT molecular complexity index is 707. The van der Waals surface area contributed by atoms with Gasteiger partial charge in [-0.25, -0.2) is 0 Å². The summed E-state index contributed by atoms with van der Waals surface area (Å²) < 4.78 is 5.77. The van der Waals surface area contributed by atoms with Crippen LogP contribution in [0.15, 0.2) is 48.5 Å². The van der Waals surface area contributed by atoms with Crippen molar-refractivity contribution in [2.75, 3.05) is 25.5 Å². The van der Waals surface area contributed by atoms with E-state index in [4.69, 9.17) is 16.3 Å². The number of ether oxygens (including phenoxy) is 1. The summed E-state index contributed by atoms with van der Waals surface area (Å²) >= 11 is 5.99. The Morgan fingerprint density at radius 1 is 1.04 bits per heavy atom. The zero-order valence-electron chi connectivity index (χ0n) is 13.1. The lowest BCUT2D eigenvalue weighted by Gasteiger charge is -2.13. The maximum Gasteiger partial charge on any atom is 0.238 e. The molecule has 0 aliphatic heterocycles. The Hall–Kier alpha value is -2.57. The standard InChI is InChI=1S/C17H18ClN3O3/c1-19-16(22)10-20-11-17(23)21-14-9-12(18)7-8-15(14)24-13-5-3-2-4-6-13/h2-9,20H,10-11H2,1H3,(H,19,22)(H,21,23). The third kappa shape index (κ3) is 5.57. The van der Waals surface area contributed by atoms with E-state index in [0.717, 1.165) is 0 Å². The molecule has 0 radical (unpaired) electrons. The van der Waals surface area contributed by atoms with E-state index in [2.05, 4.69) is 16.0 Å². The number of carbonyl (C=O) groups excluding carboxylic acids is 2.